The number of piperidine rings is 1. The van der Waals surface area contributed by atoms with E-state index in [0.717, 1.165) is 4.47 Å². The number of anilines is 1. The number of carbonyl (C=O) groups is 3. The first-order valence-corrected chi connectivity index (χ1v) is 7.42. The zero-order valence-electron chi connectivity index (χ0n) is 11.3. The SMILES string of the molecule is NC(=O)C1CCN(C(=O)C(=O)Nc2cccc(Br)c2)CC1. The van der Waals surface area contributed by atoms with Gasteiger partial charge in [-0.15, -0.1) is 0 Å². The van der Waals surface area contributed by atoms with Gasteiger partial charge in [-0.1, -0.05) is 22.0 Å². The molecule has 6 nitrogen and oxygen atoms in total. The zero-order chi connectivity index (χ0) is 15.4. The molecule has 1 aromatic rings. The van der Waals surface area contributed by atoms with Crippen LogP contribution in [0.4, 0.5) is 5.69 Å². The van der Waals surface area contributed by atoms with E-state index in [4.69, 9.17) is 5.73 Å². The fraction of sp³-hybridized carbons (Fsp3) is 0.357. The average Bonchev–Trinajstić information content (AvgIpc) is 2.46. The molecular weight excluding hydrogens is 338 g/mol. The van der Waals surface area contributed by atoms with Crippen LogP contribution in [0.2, 0.25) is 0 Å². The van der Waals surface area contributed by atoms with E-state index >= 15 is 0 Å². The third-order valence-corrected chi connectivity index (χ3v) is 3.95. The average molecular weight is 354 g/mol. The highest BCUT2D eigenvalue weighted by Gasteiger charge is 2.29. The maximum atomic E-state index is 12.0. The lowest BCUT2D eigenvalue weighted by atomic mass is 9.96. The molecule has 1 fully saturated rings. The van der Waals surface area contributed by atoms with Crippen molar-refractivity contribution in [1.82, 2.24) is 4.90 Å². The summed E-state index contributed by atoms with van der Waals surface area (Å²) >= 11 is 3.30. The molecule has 0 unspecified atom stereocenters. The molecule has 1 saturated heterocycles. The van der Waals surface area contributed by atoms with Gasteiger partial charge in [-0.25, -0.2) is 0 Å². The summed E-state index contributed by atoms with van der Waals surface area (Å²) in [6, 6.07) is 7.01. The maximum Gasteiger partial charge on any atom is 0.313 e. The van der Waals surface area contributed by atoms with Crippen molar-refractivity contribution >= 4 is 39.3 Å². The van der Waals surface area contributed by atoms with Gasteiger partial charge < -0.3 is 16.0 Å². The Bertz CT molecular complexity index is 568. The molecular formula is C14H16BrN3O3. The molecule has 1 aliphatic rings. The summed E-state index contributed by atoms with van der Waals surface area (Å²) in [6.07, 6.45) is 1.01. The van der Waals surface area contributed by atoms with E-state index in [2.05, 4.69) is 21.2 Å². The molecule has 1 aromatic carbocycles. The summed E-state index contributed by atoms with van der Waals surface area (Å²) in [5, 5.41) is 2.56. The lowest BCUT2D eigenvalue weighted by molar-refractivity contribution is -0.144. The summed E-state index contributed by atoms with van der Waals surface area (Å²) < 4.78 is 0.815. The van der Waals surface area contributed by atoms with Crippen molar-refractivity contribution < 1.29 is 14.4 Å². The highest BCUT2D eigenvalue weighted by molar-refractivity contribution is 9.10. The van der Waals surface area contributed by atoms with Crippen LogP contribution < -0.4 is 11.1 Å². The molecule has 1 heterocycles. The van der Waals surface area contributed by atoms with Crippen LogP contribution in [0, 0.1) is 5.92 Å². The van der Waals surface area contributed by atoms with E-state index in [0.29, 0.717) is 31.6 Å². The fourth-order valence-electron chi connectivity index (χ4n) is 2.26. The highest BCUT2D eigenvalue weighted by Crippen LogP contribution is 2.18. The van der Waals surface area contributed by atoms with Gasteiger partial charge in [-0.05, 0) is 31.0 Å². The number of halogens is 1. The summed E-state index contributed by atoms with van der Waals surface area (Å²) in [7, 11) is 0. The Morgan fingerprint density at radius 2 is 1.90 bits per heavy atom. The molecule has 21 heavy (non-hydrogen) atoms. The van der Waals surface area contributed by atoms with Crippen LogP contribution in [0.25, 0.3) is 0 Å². The lowest BCUT2D eigenvalue weighted by Crippen LogP contribution is -2.46. The van der Waals surface area contributed by atoms with E-state index in [1.807, 2.05) is 6.07 Å². The Hall–Kier alpha value is -1.89. The van der Waals surface area contributed by atoms with Gasteiger partial charge in [0, 0.05) is 29.2 Å². The first kappa shape index (κ1) is 15.5. The maximum absolute atomic E-state index is 12.0. The number of nitrogens with zero attached hydrogens (tertiary/aromatic N) is 1. The van der Waals surface area contributed by atoms with Crippen molar-refractivity contribution in [3.05, 3.63) is 28.7 Å². The fourth-order valence-corrected chi connectivity index (χ4v) is 2.66. The van der Waals surface area contributed by atoms with Crippen LogP contribution >= 0.6 is 15.9 Å². The minimum Gasteiger partial charge on any atom is -0.369 e. The molecule has 0 spiro atoms. The van der Waals surface area contributed by atoms with Crippen molar-refractivity contribution in [3.63, 3.8) is 0 Å². The number of primary amides is 1. The first-order chi connectivity index (χ1) is 9.97. The predicted octanol–water partition coefficient (Wildman–Crippen LogP) is 1.11. The number of nitrogens with two attached hydrogens (primary N) is 1. The zero-order valence-corrected chi connectivity index (χ0v) is 12.9. The van der Waals surface area contributed by atoms with Crippen LogP contribution in [-0.2, 0) is 14.4 Å². The van der Waals surface area contributed by atoms with Crippen molar-refractivity contribution in [2.45, 2.75) is 12.8 Å². The monoisotopic (exact) mass is 353 g/mol. The molecule has 2 rings (SSSR count). The van der Waals surface area contributed by atoms with Crippen molar-refractivity contribution in [2.75, 3.05) is 18.4 Å². The van der Waals surface area contributed by atoms with Gasteiger partial charge >= 0.3 is 11.8 Å². The van der Waals surface area contributed by atoms with Crippen molar-refractivity contribution in [1.29, 1.82) is 0 Å². The Morgan fingerprint density at radius 1 is 1.24 bits per heavy atom. The molecule has 3 amide bonds. The minimum absolute atomic E-state index is 0.206. The molecule has 0 atom stereocenters. The number of benzene rings is 1. The predicted molar refractivity (Wildman–Crippen MR) is 81.3 cm³/mol. The molecule has 0 radical (unpaired) electrons. The smallest absolute Gasteiger partial charge is 0.313 e. The second-order valence-corrected chi connectivity index (χ2v) is 5.85. The Kier molecular flexibility index (Phi) is 4.95. The Labute approximate surface area is 130 Å². The van der Waals surface area contributed by atoms with Crippen LogP contribution in [0.1, 0.15) is 12.8 Å². The van der Waals surface area contributed by atoms with Crippen LogP contribution in [0.5, 0.6) is 0 Å². The van der Waals surface area contributed by atoms with E-state index in [-0.39, 0.29) is 11.8 Å². The van der Waals surface area contributed by atoms with Gasteiger partial charge in [0.15, 0.2) is 0 Å². The summed E-state index contributed by atoms with van der Waals surface area (Å²) in [4.78, 5) is 36.5. The first-order valence-electron chi connectivity index (χ1n) is 6.62. The number of carbonyl (C=O) groups excluding carboxylic acids is 3. The van der Waals surface area contributed by atoms with Crippen LogP contribution in [0.3, 0.4) is 0 Å². The van der Waals surface area contributed by atoms with Crippen LogP contribution in [0.15, 0.2) is 28.7 Å². The van der Waals surface area contributed by atoms with Crippen LogP contribution in [-0.4, -0.2) is 35.7 Å². The summed E-state index contributed by atoms with van der Waals surface area (Å²) in [5.41, 5.74) is 5.79. The Balaban J connectivity index is 1.91. The van der Waals surface area contributed by atoms with E-state index in [1.165, 1.54) is 4.90 Å². The third kappa shape index (κ3) is 4.04. The normalized spacial score (nSPS) is 15.6. The summed E-state index contributed by atoms with van der Waals surface area (Å²) in [6.45, 7) is 0.747. The quantitative estimate of drug-likeness (QED) is 0.780. The molecule has 0 aliphatic carbocycles. The van der Waals surface area contributed by atoms with Gasteiger partial charge in [-0.3, -0.25) is 14.4 Å². The Morgan fingerprint density at radius 3 is 2.48 bits per heavy atom. The van der Waals surface area contributed by atoms with Gasteiger partial charge in [0.1, 0.15) is 0 Å². The number of amides is 3. The van der Waals surface area contributed by atoms with Gasteiger partial charge in [0.05, 0.1) is 0 Å². The van der Waals surface area contributed by atoms with E-state index < -0.39 is 11.8 Å². The minimum atomic E-state index is -0.675. The van der Waals surface area contributed by atoms with Gasteiger partial charge in [0.25, 0.3) is 0 Å². The number of rotatable bonds is 2. The lowest BCUT2D eigenvalue weighted by Gasteiger charge is -2.29. The standard InChI is InChI=1S/C14H16BrN3O3/c15-10-2-1-3-11(8-10)17-13(20)14(21)18-6-4-9(5-7-18)12(16)19/h1-3,8-9H,4-7H2,(H2,16,19)(H,17,20). The molecule has 0 aromatic heterocycles. The van der Waals surface area contributed by atoms with Gasteiger partial charge in [0.2, 0.25) is 5.91 Å². The van der Waals surface area contributed by atoms with E-state index in [9.17, 15) is 14.4 Å². The summed E-state index contributed by atoms with van der Waals surface area (Å²) in [5.74, 6) is -1.81. The number of hydrogen-bond donors (Lipinski definition) is 2. The number of likely N-dealkylation sites (tertiary alicyclic amines) is 1. The molecule has 112 valence electrons. The molecule has 1 aliphatic heterocycles. The second kappa shape index (κ2) is 6.71. The van der Waals surface area contributed by atoms with Gasteiger partial charge in [-0.2, -0.15) is 0 Å². The second-order valence-electron chi connectivity index (χ2n) is 4.93. The van der Waals surface area contributed by atoms with Crippen molar-refractivity contribution in [2.24, 2.45) is 11.7 Å². The molecule has 0 bridgehead atoms. The largest absolute Gasteiger partial charge is 0.369 e. The number of hydrogen-bond acceptors (Lipinski definition) is 3. The highest BCUT2D eigenvalue weighted by atomic mass is 79.9. The van der Waals surface area contributed by atoms with E-state index in [1.54, 1.807) is 18.2 Å². The third-order valence-electron chi connectivity index (χ3n) is 3.46. The molecule has 0 saturated carbocycles. The number of nitrogens with one attached hydrogen (secondary N) is 1. The molecule has 3 N–H and O–H groups in total. The molecule has 7 heteroatoms. The van der Waals surface area contributed by atoms with Crippen molar-refractivity contribution in [3.8, 4) is 0 Å². The topological polar surface area (TPSA) is 92.5 Å².